The summed E-state index contributed by atoms with van der Waals surface area (Å²) in [6, 6.07) is 0. The molecule has 7 heteroatoms. The highest BCUT2D eigenvalue weighted by Crippen LogP contribution is 1.86. The van der Waals surface area contributed by atoms with Gasteiger partial charge in [-0.1, -0.05) is 0 Å². The molecule has 0 radical (unpaired) electrons. The Balaban J connectivity index is 4.03. The Bertz CT molecular complexity index is 335. The second kappa shape index (κ2) is 6.85. The van der Waals surface area contributed by atoms with Gasteiger partial charge in [-0.2, -0.15) is 0 Å². The van der Waals surface area contributed by atoms with Gasteiger partial charge in [0.1, 0.15) is 9.99 Å². The number of carbonyl (C=O) groups is 1. The van der Waals surface area contributed by atoms with Gasteiger partial charge in [0.25, 0.3) is 0 Å². The van der Waals surface area contributed by atoms with Crippen molar-refractivity contribution in [3.05, 3.63) is 0 Å². The van der Waals surface area contributed by atoms with Crippen LogP contribution in [0.3, 0.4) is 0 Å². The van der Waals surface area contributed by atoms with E-state index in [0.29, 0.717) is 6.54 Å². The van der Waals surface area contributed by atoms with Crippen LogP contribution in [0.4, 0.5) is 0 Å². The quantitative estimate of drug-likeness (QED) is 0.600. The van der Waals surface area contributed by atoms with Crippen molar-refractivity contribution in [1.29, 1.82) is 0 Å². The molecular weight excluding hydrogens is 230 g/mol. The highest BCUT2D eigenvalue weighted by Gasteiger charge is 2.10. The van der Waals surface area contributed by atoms with Crippen molar-refractivity contribution in [2.75, 3.05) is 40.8 Å². The number of hydrogen-bond donors (Lipinski definition) is 2. The molecule has 16 heavy (non-hydrogen) atoms. The molecule has 96 valence electrons. The highest BCUT2D eigenvalue weighted by molar-refractivity contribution is 7.94. The summed E-state index contributed by atoms with van der Waals surface area (Å²) in [5.41, 5.74) is 0. The molecule has 0 aromatic rings. The Morgan fingerprint density at radius 2 is 1.94 bits per heavy atom. The molecule has 0 rings (SSSR count). The first-order valence-corrected chi connectivity index (χ1v) is 6.55. The average Bonchev–Trinajstić information content (AvgIpc) is 2.22. The molecule has 0 aromatic carbocycles. The average molecular weight is 251 g/mol. The van der Waals surface area contributed by atoms with Gasteiger partial charge in [-0.15, -0.1) is 0 Å². The lowest BCUT2D eigenvalue weighted by atomic mass is 10.4. The van der Waals surface area contributed by atoms with Gasteiger partial charge in [0.05, 0.1) is 6.54 Å². The van der Waals surface area contributed by atoms with E-state index in [2.05, 4.69) is 4.72 Å². The molecule has 0 saturated heterocycles. The van der Waals surface area contributed by atoms with Crippen LogP contribution in [0, 0.1) is 0 Å². The molecule has 0 saturated carbocycles. The Morgan fingerprint density at radius 1 is 1.38 bits per heavy atom. The maximum atomic E-state index is 11.5. The highest BCUT2D eigenvalue weighted by atomic mass is 32.2. The number of likely N-dealkylation sites (N-methyl/N-ethyl adjacent to an activating group) is 2. The molecule has 6 nitrogen and oxygen atoms in total. The molecule has 0 spiro atoms. The molecule has 0 aliphatic rings. The molecule has 1 unspecified atom stereocenters. The number of amides is 1. The Labute approximate surface area is 97.6 Å². The fraction of sp³-hybridized carbons (Fsp3) is 0.778. The summed E-state index contributed by atoms with van der Waals surface area (Å²) in [6.45, 7) is 2.69. The monoisotopic (exact) mass is 251 g/mol. The first-order valence-electron chi connectivity index (χ1n) is 4.98. The molecule has 0 heterocycles. The van der Waals surface area contributed by atoms with Gasteiger partial charge in [-0.25, -0.2) is 8.93 Å². The number of rotatable bonds is 6. The Hall–Kier alpha value is -0.630. The topological polar surface area (TPSA) is 72.9 Å². The summed E-state index contributed by atoms with van der Waals surface area (Å²) in [6.07, 6.45) is 0. The van der Waals surface area contributed by atoms with Crippen LogP contribution < -0.4 is 4.72 Å². The van der Waals surface area contributed by atoms with Gasteiger partial charge in [0.15, 0.2) is 0 Å². The maximum absolute atomic E-state index is 11.5. The number of nitrogens with one attached hydrogen (secondary N) is 1. The Morgan fingerprint density at radius 3 is 2.38 bits per heavy atom. The third-order valence-corrected chi connectivity index (χ3v) is 3.25. The lowest BCUT2D eigenvalue weighted by Gasteiger charge is -2.19. The molecule has 1 atom stereocenters. The van der Waals surface area contributed by atoms with E-state index in [1.54, 1.807) is 7.05 Å². The summed E-state index contributed by atoms with van der Waals surface area (Å²) in [4.78, 5) is 15.0. The molecule has 0 aliphatic carbocycles. The number of carbonyl (C=O) groups excluding carboxylic acids is 1. The van der Waals surface area contributed by atoms with Crippen LogP contribution in [0.2, 0.25) is 0 Å². The van der Waals surface area contributed by atoms with E-state index in [-0.39, 0.29) is 12.5 Å². The summed E-state index contributed by atoms with van der Waals surface area (Å²) < 4.78 is 22.6. The fourth-order valence-corrected chi connectivity index (χ4v) is 1.36. The summed E-state index contributed by atoms with van der Waals surface area (Å²) >= 11 is 0. The Kier molecular flexibility index (Phi) is 6.58. The fourth-order valence-electron chi connectivity index (χ4n) is 0.858. The van der Waals surface area contributed by atoms with Crippen LogP contribution >= 0.6 is 0 Å². The first kappa shape index (κ1) is 15.4. The molecule has 2 N–H and O–H groups in total. The summed E-state index contributed by atoms with van der Waals surface area (Å²) in [5, 5.41) is 1.14. The zero-order valence-electron chi connectivity index (χ0n) is 10.3. The SMILES string of the molecule is CC=S(=O)(O)NCC(=O)N(C)CCN(C)C. The minimum absolute atomic E-state index is 0.135. The molecule has 0 bridgehead atoms. The predicted molar refractivity (Wildman–Crippen MR) is 66.7 cm³/mol. The molecule has 0 aromatic heterocycles. The van der Waals surface area contributed by atoms with Crippen molar-refractivity contribution >= 4 is 21.3 Å². The van der Waals surface area contributed by atoms with Gasteiger partial charge in [-0.05, 0) is 21.0 Å². The van der Waals surface area contributed by atoms with Crippen molar-refractivity contribution in [2.45, 2.75) is 6.92 Å². The molecular formula is C9H21N3O3S. The van der Waals surface area contributed by atoms with Gasteiger partial charge in [-0.3, -0.25) is 4.79 Å². The lowest BCUT2D eigenvalue weighted by molar-refractivity contribution is -0.128. The van der Waals surface area contributed by atoms with Gasteiger partial charge in [0.2, 0.25) is 5.91 Å². The predicted octanol–water partition coefficient (Wildman–Crippen LogP) is -0.909. The largest absolute Gasteiger partial charge is 0.343 e. The van der Waals surface area contributed by atoms with E-state index < -0.39 is 9.99 Å². The summed E-state index contributed by atoms with van der Waals surface area (Å²) in [5.74, 6) is -0.203. The van der Waals surface area contributed by atoms with Crippen LogP contribution in [0.15, 0.2) is 0 Å². The zero-order valence-corrected chi connectivity index (χ0v) is 11.1. The lowest BCUT2D eigenvalue weighted by Crippen LogP contribution is -2.40. The second-order valence-electron chi connectivity index (χ2n) is 3.74. The van der Waals surface area contributed by atoms with Crippen molar-refractivity contribution in [3.63, 3.8) is 0 Å². The maximum Gasteiger partial charge on any atom is 0.237 e. The van der Waals surface area contributed by atoms with Gasteiger partial charge < -0.3 is 14.4 Å². The minimum Gasteiger partial charge on any atom is -0.343 e. The molecule has 1 amide bonds. The number of hydrogen-bond acceptors (Lipinski definition) is 3. The minimum atomic E-state index is -3.16. The third kappa shape index (κ3) is 6.78. The van der Waals surface area contributed by atoms with Crippen LogP contribution in [0.1, 0.15) is 6.92 Å². The van der Waals surface area contributed by atoms with Crippen molar-refractivity contribution in [2.24, 2.45) is 0 Å². The van der Waals surface area contributed by atoms with Crippen molar-refractivity contribution in [3.8, 4) is 0 Å². The van der Waals surface area contributed by atoms with Gasteiger partial charge >= 0.3 is 0 Å². The van der Waals surface area contributed by atoms with Crippen LogP contribution in [0.25, 0.3) is 0 Å². The van der Waals surface area contributed by atoms with E-state index in [4.69, 9.17) is 4.55 Å². The van der Waals surface area contributed by atoms with Crippen LogP contribution in [-0.2, 0) is 14.8 Å². The van der Waals surface area contributed by atoms with Crippen LogP contribution in [-0.4, -0.2) is 70.6 Å². The molecule has 0 aliphatic heterocycles. The smallest absolute Gasteiger partial charge is 0.237 e. The van der Waals surface area contributed by atoms with E-state index in [9.17, 15) is 9.00 Å². The van der Waals surface area contributed by atoms with E-state index in [1.165, 1.54) is 11.8 Å². The summed E-state index contributed by atoms with van der Waals surface area (Å²) in [7, 11) is 2.35. The first-order chi connectivity index (χ1) is 7.28. The van der Waals surface area contributed by atoms with E-state index >= 15 is 0 Å². The normalized spacial score (nSPS) is 14.6. The number of nitrogens with zero attached hydrogens (tertiary/aromatic N) is 2. The van der Waals surface area contributed by atoms with Crippen LogP contribution in [0.5, 0.6) is 0 Å². The van der Waals surface area contributed by atoms with E-state index in [1.807, 2.05) is 19.0 Å². The zero-order chi connectivity index (χ0) is 12.8. The van der Waals surface area contributed by atoms with E-state index in [0.717, 1.165) is 11.9 Å². The molecule has 0 fully saturated rings. The van der Waals surface area contributed by atoms with Crippen molar-refractivity contribution < 1.29 is 13.6 Å². The van der Waals surface area contributed by atoms with Gasteiger partial charge in [0, 0.05) is 25.5 Å². The standard InChI is InChI=1S/C9H21N3O3S/c1-5-16(14,15)10-8-9(13)12(4)7-6-11(2)3/h5H,6-8H2,1-4H3,(H2,10,14,15). The third-order valence-electron chi connectivity index (χ3n) is 2.06. The van der Waals surface area contributed by atoms with Crippen molar-refractivity contribution in [1.82, 2.24) is 14.5 Å². The second-order valence-corrected chi connectivity index (χ2v) is 5.64.